The quantitative estimate of drug-likeness (QED) is 0.572. The Kier molecular flexibility index (Phi) is 5.76. The molecule has 0 aliphatic heterocycles. The summed E-state index contributed by atoms with van der Waals surface area (Å²) in [6, 6.07) is 10.7. The van der Waals surface area contributed by atoms with Crippen LogP contribution in [0.25, 0.3) is 10.2 Å². The van der Waals surface area contributed by atoms with Gasteiger partial charge < -0.3 is 4.57 Å². The molecule has 0 aliphatic rings. The van der Waals surface area contributed by atoms with Gasteiger partial charge in [-0.3, -0.25) is 4.79 Å². The molecule has 0 N–H and O–H groups in total. The molecule has 0 aliphatic carbocycles. The summed E-state index contributed by atoms with van der Waals surface area (Å²) in [5.41, 5.74) is 7.00. The zero-order valence-electron chi connectivity index (χ0n) is 16.5. The first-order valence-corrected chi connectivity index (χ1v) is 10.1. The third kappa shape index (κ3) is 4.11. The van der Waals surface area contributed by atoms with E-state index in [1.165, 1.54) is 11.1 Å². The van der Waals surface area contributed by atoms with Crippen LogP contribution in [0.4, 0.5) is 0 Å². The molecule has 0 unspecified atom stereocenters. The van der Waals surface area contributed by atoms with Crippen LogP contribution in [0, 0.1) is 20.8 Å². The molecular formula is C23H26N2OS. The second kappa shape index (κ2) is 8.05. The van der Waals surface area contributed by atoms with Crippen LogP contribution >= 0.6 is 11.3 Å². The first-order chi connectivity index (χ1) is 12.9. The Balaban J connectivity index is 2.03. The van der Waals surface area contributed by atoms with Crippen LogP contribution in [-0.2, 0) is 24.2 Å². The second-order valence-corrected chi connectivity index (χ2v) is 8.01. The number of aryl methyl sites for hydroxylation is 4. The second-order valence-electron chi connectivity index (χ2n) is 7.00. The number of carbonyl (C=O) groups excluding carboxylic acids is 1. The number of nitrogens with zero attached hydrogens (tertiary/aromatic N) is 2. The minimum Gasteiger partial charge on any atom is -0.313 e. The molecule has 0 fully saturated rings. The van der Waals surface area contributed by atoms with Gasteiger partial charge in [-0.25, -0.2) is 0 Å². The van der Waals surface area contributed by atoms with Gasteiger partial charge in [-0.15, -0.1) is 6.58 Å². The lowest BCUT2D eigenvalue weighted by Gasteiger charge is -2.09. The summed E-state index contributed by atoms with van der Waals surface area (Å²) in [4.78, 5) is 17.9. The Morgan fingerprint density at radius 2 is 1.89 bits per heavy atom. The van der Waals surface area contributed by atoms with Crippen molar-refractivity contribution in [3.63, 3.8) is 0 Å². The van der Waals surface area contributed by atoms with Crippen LogP contribution in [0.1, 0.15) is 34.7 Å². The Morgan fingerprint density at radius 1 is 1.19 bits per heavy atom. The molecule has 3 aromatic rings. The molecule has 4 heteroatoms. The molecule has 0 atom stereocenters. The third-order valence-corrected chi connectivity index (χ3v) is 5.90. The van der Waals surface area contributed by atoms with E-state index in [0.717, 1.165) is 38.1 Å². The minimum atomic E-state index is -0.106. The van der Waals surface area contributed by atoms with E-state index in [1.54, 1.807) is 11.3 Å². The molecule has 0 saturated carbocycles. The Hall–Kier alpha value is -2.46. The maximum absolute atomic E-state index is 12.7. The van der Waals surface area contributed by atoms with Crippen molar-refractivity contribution in [2.45, 2.75) is 47.1 Å². The van der Waals surface area contributed by atoms with Gasteiger partial charge in [0.15, 0.2) is 4.80 Å². The molecule has 3 rings (SSSR count). The lowest BCUT2D eigenvalue weighted by Crippen LogP contribution is -2.17. The lowest BCUT2D eigenvalue weighted by atomic mass is 9.97. The first-order valence-electron chi connectivity index (χ1n) is 9.30. The first kappa shape index (κ1) is 19.3. The van der Waals surface area contributed by atoms with Crippen molar-refractivity contribution in [2.75, 3.05) is 0 Å². The van der Waals surface area contributed by atoms with Gasteiger partial charge in [-0.1, -0.05) is 48.1 Å². The van der Waals surface area contributed by atoms with Crippen molar-refractivity contribution < 1.29 is 4.79 Å². The topological polar surface area (TPSA) is 34.4 Å². The molecule has 1 aromatic heterocycles. The van der Waals surface area contributed by atoms with Gasteiger partial charge in [0.2, 0.25) is 0 Å². The average Bonchev–Trinajstić information content (AvgIpc) is 2.94. The molecular weight excluding hydrogens is 352 g/mol. The summed E-state index contributed by atoms with van der Waals surface area (Å²) in [7, 11) is 0. The fraction of sp³-hybridized carbons (Fsp3) is 0.304. The predicted molar refractivity (Wildman–Crippen MR) is 114 cm³/mol. The Labute approximate surface area is 164 Å². The molecule has 3 nitrogen and oxygen atoms in total. The molecule has 0 spiro atoms. The van der Waals surface area contributed by atoms with Crippen molar-refractivity contribution in [1.29, 1.82) is 0 Å². The van der Waals surface area contributed by atoms with Crippen molar-refractivity contribution in [2.24, 2.45) is 4.99 Å². The maximum Gasteiger partial charge on any atom is 0.252 e. The molecule has 2 aromatic carbocycles. The SMILES string of the molecule is C=CCn1c(=NC(=O)Cc2c(C)cc(C)cc2C)sc2cc(CC)ccc21. The highest BCUT2D eigenvalue weighted by molar-refractivity contribution is 7.16. The van der Waals surface area contributed by atoms with Crippen molar-refractivity contribution in [3.05, 3.63) is 75.6 Å². The maximum atomic E-state index is 12.7. The molecule has 140 valence electrons. The van der Waals surface area contributed by atoms with Gasteiger partial charge in [0.25, 0.3) is 5.91 Å². The van der Waals surface area contributed by atoms with E-state index < -0.39 is 0 Å². The van der Waals surface area contributed by atoms with E-state index in [9.17, 15) is 4.79 Å². The Bertz CT molecular complexity index is 1060. The summed E-state index contributed by atoms with van der Waals surface area (Å²) in [6.45, 7) is 12.8. The van der Waals surface area contributed by atoms with E-state index in [1.807, 2.05) is 6.08 Å². The minimum absolute atomic E-state index is 0.106. The normalized spacial score (nSPS) is 11.9. The molecule has 27 heavy (non-hydrogen) atoms. The van der Waals surface area contributed by atoms with Crippen molar-refractivity contribution >= 4 is 27.5 Å². The molecule has 1 amide bonds. The number of thiazole rings is 1. The monoisotopic (exact) mass is 378 g/mol. The van der Waals surface area contributed by atoms with E-state index in [4.69, 9.17) is 0 Å². The zero-order valence-corrected chi connectivity index (χ0v) is 17.3. The van der Waals surface area contributed by atoms with Crippen LogP contribution in [0.2, 0.25) is 0 Å². The lowest BCUT2D eigenvalue weighted by molar-refractivity contribution is -0.117. The van der Waals surface area contributed by atoms with Gasteiger partial charge in [0.1, 0.15) is 0 Å². The number of allylic oxidation sites excluding steroid dienone is 1. The number of hydrogen-bond donors (Lipinski definition) is 0. The van der Waals surface area contributed by atoms with Crippen molar-refractivity contribution in [1.82, 2.24) is 4.57 Å². The summed E-state index contributed by atoms with van der Waals surface area (Å²) in [6.07, 6.45) is 3.17. The molecule has 1 heterocycles. The number of benzene rings is 2. The highest BCUT2D eigenvalue weighted by Gasteiger charge is 2.11. The van der Waals surface area contributed by atoms with Gasteiger partial charge in [0, 0.05) is 6.54 Å². The number of hydrogen-bond acceptors (Lipinski definition) is 2. The number of carbonyl (C=O) groups is 1. The van der Waals surface area contributed by atoms with Crippen LogP contribution in [0.15, 0.2) is 48.0 Å². The summed E-state index contributed by atoms with van der Waals surface area (Å²) in [5.74, 6) is -0.106. The average molecular weight is 379 g/mol. The predicted octanol–water partition coefficient (Wildman–Crippen LogP) is 5.05. The van der Waals surface area contributed by atoms with Gasteiger partial charge in [-0.2, -0.15) is 4.99 Å². The Morgan fingerprint density at radius 3 is 2.52 bits per heavy atom. The number of fused-ring (bicyclic) bond motifs is 1. The van der Waals surface area contributed by atoms with Crippen molar-refractivity contribution in [3.8, 4) is 0 Å². The van der Waals surface area contributed by atoms with E-state index in [0.29, 0.717) is 13.0 Å². The summed E-state index contributed by atoms with van der Waals surface area (Å²) >= 11 is 1.57. The fourth-order valence-electron chi connectivity index (χ4n) is 3.51. The van der Waals surface area contributed by atoms with E-state index >= 15 is 0 Å². The highest BCUT2D eigenvalue weighted by Crippen LogP contribution is 2.20. The number of amides is 1. The number of aromatic nitrogens is 1. The zero-order chi connectivity index (χ0) is 19.6. The van der Waals surface area contributed by atoms with E-state index in [2.05, 4.69) is 74.2 Å². The van der Waals surface area contributed by atoms with Crippen LogP contribution in [-0.4, -0.2) is 10.5 Å². The smallest absolute Gasteiger partial charge is 0.252 e. The summed E-state index contributed by atoms with van der Waals surface area (Å²) < 4.78 is 3.23. The van der Waals surface area contributed by atoms with Gasteiger partial charge >= 0.3 is 0 Å². The van der Waals surface area contributed by atoms with Crippen LogP contribution in [0.3, 0.4) is 0 Å². The van der Waals surface area contributed by atoms with Crippen LogP contribution < -0.4 is 4.80 Å². The van der Waals surface area contributed by atoms with E-state index in [-0.39, 0.29) is 5.91 Å². The highest BCUT2D eigenvalue weighted by atomic mass is 32.1. The molecule has 0 bridgehead atoms. The van der Waals surface area contributed by atoms with Gasteiger partial charge in [-0.05, 0) is 61.6 Å². The standard InChI is InChI=1S/C23H26N2OS/c1-6-10-25-20-9-8-18(7-2)13-21(20)27-23(25)24-22(26)14-19-16(4)11-15(3)12-17(19)5/h6,8-9,11-13H,1,7,10,14H2,2-5H3. The molecule has 0 saturated heterocycles. The largest absolute Gasteiger partial charge is 0.313 e. The van der Waals surface area contributed by atoms with Crippen LogP contribution in [0.5, 0.6) is 0 Å². The van der Waals surface area contributed by atoms with Gasteiger partial charge in [0.05, 0.1) is 16.6 Å². The number of rotatable bonds is 5. The third-order valence-electron chi connectivity index (χ3n) is 4.86. The molecule has 0 radical (unpaired) electrons. The summed E-state index contributed by atoms with van der Waals surface area (Å²) in [5, 5.41) is 0. The fourth-order valence-corrected chi connectivity index (χ4v) is 4.63.